The molecule has 2 nitrogen and oxygen atoms in total. The first-order valence-electron chi connectivity index (χ1n) is 4.49. The van der Waals surface area contributed by atoms with Crippen molar-refractivity contribution in [3.63, 3.8) is 0 Å². The van der Waals surface area contributed by atoms with E-state index in [2.05, 4.69) is 23.8 Å². The van der Waals surface area contributed by atoms with Crippen LogP contribution in [0.3, 0.4) is 0 Å². The van der Waals surface area contributed by atoms with Crippen LogP contribution in [-0.4, -0.2) is 11.5 Å². The molecule has 0 aromatic carbocycles. The Morgan fingerprint density at radius 2 is 2.31 bits per heavy atom. The normalized spacial score (nSPS) is 12.8. The van der Waals surface area contributed by atoms with Gasteiger partial charge in [-0.1, -0.05) is 13.0 Å². The van der Waals surface area contributed by atoms with Gasteiger partial charge in [-0.05, 0) is 20.4 Å². The predicted octanol–water partition coefficient (Wildman–Crippen LogP) is 2.60. The zero-order chi connectivity index (χ0) is 9.84. The summed E-state index contributed by atoms with van der Waals surface area (Å²) in [6, 6.07) is 0.260. The second kappa shape index (κ2) is 4.53. The van der Waals surface area contributed by atoms with Gasteiger partial charge in [-0.3, -0.25) is 0 Å². The van der Waals surface area contributed by atoms with Crippen molar-refractivity contribution in [2.45, 2.75) is 26.8 Å². The van der Waals surface area contributed by atoms with Gasteiger partial charge in [0.25, 0.3) is 0 Å². The minimum absolute atomic E-state index is 0.260. The molecule has 1 aromatic heterocycles. The lowest BCUT2D eigenvalue weighted by molar-refractivity contribution is 0.654. The zero-order valence-electron chi connectivity index (χ0n) is 8.42. The van der Waals surface area contributed by atoms with Crippen molar-refractivity contribution in [2.75, 3.05) is 6.54 Å². The van der Waals surface area contributed by atoms with Gasteiger partial charge in [0.2, 0.25) is 0 Å². The fourth-order valence-corrected chi connectivity index (χ4v) is 2.34. The smallest absolute Gasteiger partial charge is 0.0900 e. The molecule has 0 radical (unpaired) electrons. The van der Waals surface area contributed by atoms with Gasteiger partial charge in [-0.15, -0.1) is 17.9 Å². The van der Waals surface area contributed by atoms with E-state index >= 15 is 0 Å². The maximum atomic E-state index is 4.39. The molecular weight excluding hydrogens is 180 g/mol. The quantitative estimate of drug-likeness (QED) is 0.749. The van der Waals surface area contributed by atoms with Crippen LogP contribution in [-0.2, 0) is 0 Å². The van der Waals surface area contributed by atoms with Gasteiger partial charge in [0.1, 0.15) is 0 Å². The molecule has 0 aliphatic rings. The first kappa shape index (κ1) is 10.4. The Hall–Kier alpha value is -0.670. The van der Waals surface area contributed by atoms with Crippen LogP contribution in [0, 0.1) is 13.8 Å². The predicted molar refractivity (Wildman–Crippen MR) is 58.2 cm³/mol. The van der Waals surface area contributed by atoms with Crippen LogP contribution in [0.5, 0.6) is 0 Å². The highest BCUT2D eigenvalue weighted by molar-refractivity contribution is 7.11. The summed E-state index contributed by atoms with van der Waals surface area (Å²) < 4.78 is 0. The molecular formula is C10H16N2S. The van der Waals surface area contributed by atoms with Crippen LogP contribution in [0.25, 0.3) is 0 Å². The molecule has 1 rings (SSSR count). The van der Waals surface area contributed by atoms with Crippen molar-refractivity contribution >= 4 is 11.3 Å². The minimum atomic E-state index is 0.260. The number of rotatable bonds is 4. The average molecular weight is 196 g/mol. The third-order valence-corrected chi connectivity index (χ3v) is 3.04. The third kappa shape index (κ3) is 2.39. The number of likely N-dealkylation sites (N-methyl/N-ethyl adjacent to an activating group) is 1. The molecule has 3 heteroatoms. The fraction of sp³-hybridized carbons (Fsp3) is 0.500. The van der Waals surface area contributed by atoms with Crippen molar-refractivity contribution in [3.8, 4) is 0 Å². The monoisotopic (exact) mass is 196 g/mol. The lowest BCUT2D eigenvalue weighted by Gasteiger charge is -2.11. The minimum Gasteiger partial charge on any atom is -0.306 e. The van der Waals surface area contributed by atoms with Crippen molar-refractivity contribution in [1.82, 2.24) is 10.3 Å². The molecule has 1 N–H and O–H groups in total. The van der Waals surface area contributed by atoms with Gasteiger partial charge in [0.05, 0.1) is 16.7 Å². The molecule has 1 heterocycles. The van der Waals surface area contributed by atoms with Crippen molar-refractivity contribution in [1.29, 1.82) is 0 Å². The lowest BCUT2D eigenvalue weighted by atomic mass is 10.2. The first-order valence-corrected chi connectivity index (χ1v) is 5.30. The molecule has 13 heavy (non-hydrogen) atoms. The highest BCUT2D eigenvalue weighted by Crippen LogP contribution is 2.25. The summed E-state index contributed by atoms with van der Waals surface area (Å²) in [6.45, 7) is 11.0. The number of aromatic nitrogens is 1. The van der Waals surface area contributed by atoms with Gasteiger partial charge in [0, 0.05) is 4.88 Å². The molecule has 0 aliphatic carbocycles. The standard InChI is InChI=1S/C10H16N2S/c1-5-9(11-6-2)10-7(3)12-8(4)13-10/h5,9,11H,1,6H2,2-4H3. The van der Waals surface area contributed by atoms with Crippen molar-refractivity contribution in [2.24, 2.45) is 0 Å². The molecule has 0 saturated heterocycles. The summed E-state index contributed by atoms with van der Waals surface area (Å²) in [6.07, 6.45) is 1.93. The topological polar surface area (TPSA) is 24.9 Å². The second-order valence-electron chi connectivity index (χ2n) is 2.95. The Morgan fingerprint density at radius 3 is 2.69 bits per heavy atom. The highest BCUT2D eigenvalue weighted by atomic mass is 32.1. The van der Waals surface area contributed by atoms with E-state index in [-0.39, 0.29) is 6.04 Å². The highest BCUT2D eigenvalue weighted by Gasteiger charge is 2.12. The number of hydrogen-bond donors (Lipinski definition) is 1. The van der Waals surface area contributed by atoms with E-state index in [0.717, 1.165) is 17.2 Å². The summed E-state index contributed by atoms with van der Waals surface area (Å²) in [5, 5.41) is 4.48. The van der Waals surface area contributed by atoms with Crippen LogP contribution in [0.1, 0.15) is 28.5 Å². The molecule has 1 unspecified atom stereocenters. The lowest BCUT2D eigenvalue weighted by Crippen LogP contribution is -2.18. The largest absolute Gasteiger partial charge is 0.306 e. The summed E-state index contributed by atoms with van der Waals surface area (Å²) in [7, 11) is 0. The van der Waals surface area contributed by atoms with Crippen molar-refractivity contribution in [3.05, 3.63) is 28.2 Å². The number of aryl methyl sites for hydroxylation is 2. The van der Waals surface area contributed by atoms with E-state index in [1.54, 1.807) is 11.3 Å². The van der Waals surface area contributed by atoms with E-state index < -0.39 is 0 Å². The maximum Gasteiger partial charge on any atom is 0.0900 e. The maximum absolute atomic E-state index is 4.39. The Labute approximate surface area is 83.7 Å². The third-order valence-electron chi connectivity index (χ3n) is 1.88. The van der Waals surface area contributed by atoms with Gasteiger partial charge >= 0.3 is 0 Å². The van der Waals surface area contributed by atoms with Gasteiger partial charge in [-0.2, -0.15) is 0 Å². The number of hydrogen-bond acceptors (Lipinski definition) is 3. The summed E-state index contributed by atoms with van der Waals surface area (Å²) >= 11 is 1.74. The summed E-state index contributed by atoms with van der Waals surface area (Å²) in [5.74, 6) is 0. The summed E-state index contributed by atoms with van der Waals surface area (Å²) in [5.41, 5.74) is 1.12. The van der Waals surface area contributed by atoms with E-state index in [9.17, 15) is 0 Å². The first-order chi connectivity index (χ1) is 6.19. The van der Waals surface area contributed by atoms with Crippen LogP contribution in [0.15, 0.2) is 12.7 Å². The van der Waals surface area contributed by atoms with Crippen molar-refractivity contribution < 1.29 is 0 Å². The van der Waals surface area contributed by atoms with E-state index in [4.69, 9.17) is 0 Å². The number of nitrogens with one attached hydrogen (secondary N) is 1. The molecule has 72 valence electrons. The Bertz CT molecular complexity index is 291. The number of nitrogens with zero attached hydrogens (tertiary/aromatic N) is 1. The Morgan fingerprint density at radius 1 is 1.62 bits per heavy atom. The number of thiazole rings is 1. The Kier molecular flexibility index (Phi) is 3.63. The van der Waals surface area contributed by atoms with E-state index in [0.29, 0.717) is 0 Å². The second-order valence-corrected chi connectivity index (χ2v) is 4.19. The van der Waals surface area contributed by atoms with Crippen LogP contribution in [0.2, 0.25) is 0 Å². The van der Waals surface area contributed by atoms with Crippen LogP contribution >= 0.6 is 11.3 Å². The molecule has 0 amide bonds. The van der Waals surface area contributed by atoms with Gasteiger partial charge in [-0.25, -0.2) is 4.98 Å². The molecule has 0 saturated carbocycles. The molecule has 0 bridgehead atoms. The van der Waals surface area contributed by atoms with Gasteiger partial charge < -0.3 is 5.32 Å². The zero-order valence-corrected chi connectivity index (χ0v) is 9.24. The van der Waals surface area contributed by atoms with Crippen LogP contribution < -0.4 is 5.32 Å². The molecule has 1 aromatic rings. The SMILES string of the molecule is C=CC(NCC)c1sc(C)nc1C. The van der Waals surface area contributed by atoms with Gasteiger partial charge in [0.15, 0.2) is 0 Å². The summed E-state index contributed by atoms with van der Waals surface area (Å²) in [4.78, 5) is 5.68. The molecule has 0 aliphatic heterocycles. The van der Waals surface area contributed by atoms with E-state index in [1.165, 1.54) is 4.88 Å². The molecule has 1 atom stereocenters. The Balaban J connectivity index is 2.89. The molecule has 0 fully saturated rings. The fourth-order valence-electron chi connectivity index (χ4n) is 1.34. The van der Waals surface area contributed by atoms with E-state index in [1.807, 2.05) is 19.9 Å². The average Bonchev–Trinajstić information content (AvgIpc) is 2.41. The van der Waals surface area contributed by atoms with Crippen LogP contribution in [0.4, 0.5) is 0 Å². The molecule has 0 spiro atoms.